The summed E-state index contributed by atoms with van der Waals surface area (Å²) in [5.41, 5.74) is 4.67. The number of hydrogen-bond donors (Lipinski definition) is 0. The fraction of sp³-hybridized carbons (Fsp3) is 0.304. The van der Waals surface area contributed by atoms with Crippen molar-refractivity contribution >= 4 is 45.7 Å². The first kappa shape index (κ1) is 21.3. The maximum absolute atomic E-state index is 12.4. The number of thiocarbonyl (C=S) groups is 1. The maximum atomic E-state index is 12.4. The van der Waals surface area contributed by atoms with Crippen LogP contribution in [-0.4, -0.2) is 28.7 Å². The molecule has 29 heavy (non-hydrogen) atoms. The van der Waals surface area contributed by atoms with E-state index < -0.39 is 0 Å². The van der Waals surface area contributed by atoms with Gasteiger partial charge in [0.25, 0.3) is 0 Å². The Hall–Kier alpha value is -2.37. The summed E-state index contributed by atoms with van der Waals surface area (Å²) in [4.78, 5) is 13.1. The van der Waals surface area contributed by atoms with E-state index >= 15 is 0 Å². The number of fused-ring (bicyclic) bond motifs is 1. The molecule has 0 amide bonds. The van der Waals surface area contributed by atoms with Gasteiger partial charge in [-0.15, -0.1) is 0 Å². The molecule has 1 aromatic heterocycles. The monoisotopic (exact) mass is 429 g/mol. The molecule has 0 spiro atoms. The summed E-state index contributed by atoms with van der Waals surface area (Å²) in [6, 6.07) is 11.7. The smallest absolute Gasteiger partial charge is 0.310 e. The van der Waals surface area contributed by atoms with Crippen molar-refractivity contribution in [2.45, 2.75) is 40.2 Å². The van der Waals surface area contributed by atoms with E-state index in [0.29, 0.717) is 15.8 Å². The van der Waals surface area contributed by atoms with E-state index in [0.717, 1.165) is 33.3 Å². The second kappa shape index (κ2) is 8.56. The SMILES string of the molecule is COc1cc2c(CC(=O)OC(C)C)c(C)n(C(=S)c3ccc(C)cc3)c2cc1Cl. The summed E-state index contributed by atoms with van der Waals surface area (Å²) in [7, 11) is 1.57. The molecule has 0 aliphatic heterocycles. The Morgan fingerprint density at radius 2 is 1.83 bits per heavy atom. The zero-order valence-corrected chi connectivity index (χ0v) is 18.8. The molecular weight excluding hydrogens is 406 g/mol. The fourth-order valence-electron chi connectivity index (χ4n) is 3.40. The number of esters is 1. The Bertz CT molecular complexity index is 1080. The van der Waals surface area contributed by atoms with Crippen LogP contribution in [0.1, 0.15) is 36.2 Å². The largest absolute Gasteiger partial charge is 0.495 e. The zero-order chi connectivity index (χ0) is 21.3. The summed E-state index contributed by atoms with van der Waals surface area (Å²) in [5.74, 6) is 0.272. The van der Waals surface area contributed by atoms with Crippen LogP contribution in [0.2, 0.25) is 5.02 Å². The van der Waals surface area contributed by atoms with Crippen molar-refractivity contribution in [1.82, 2.24) is 4.57 Å². The van der Waals surface area contributed by atoms with Gasteiger partial charge in [-0.25, -0.2) is 0 Å². The molecule has 0 radical (unpaired) electrons. The quantitative estimate of drug-likeness (QED) is 0.389. The second-order valence-corrected chi connectivity index (χ2v) is 8.08. The lowest BCUT2D eigenvalue weighted by molar-refractivity contribution is -0.146. The number of carbonyl (C=O) groups excluding carboxylic acids is 1. The minimum absolute atomic E-state index is 0.148. The lowest BCUT2D eigenvalue weighted by Crippen LogP contribution is -2.15. The number of aromatic nitrogens is 1. The van der Waals surface area contributed by atoms with Crippen LogP contribution in [0, 0.1) is 13.8 Å². The summed E-state index contributed by atoms with van der Waals surface area (Å²) in [6.45, 7) is 7.67. The number of benzene rings is 2. The number of hydrogen-bond acceptors (Lipinski definition) is 4. The van der Waals surface area contributed by atoms with Gasteiger partial charge >= 0.3 is 5.97 Å². The number of rotatable bonds is 5. The van der Waals surface area contributed by atoms with Gasteiger partial charge in [0.2, 0.25) is 0 Å². The van der Waals surface area contributed by atoms with Crippen LogP contribution in [0.3, 0.4) is 0 Å². The van der Waals surface area contributed by atoms with Crippen LogP contribution >= 0.6 is 23.8 Å². The number of methoxy groups -OCH3 is 1. The number of carbonyl (C=O) groups is 1. The zero-order valence-electron chi connectivity index (χ0n) is 17.2. The Kier molecular flexibility index (Phi) is 6.30. The van der Waals surface area contributed by atoms with Gasteiger partial charge in [0, 0.05) is 16.6 Å². The number of halogens is 1. The van der Waals surface area contributed by atoms with E-state index in [-0.39, 0.29) is 18.5 Å². The van der Waals surface area contributed by atoms with Crippen molar-refractivity contribution in [1.29, 1.82) is 0 Å². The van der Waals surface area contributed by atoms with Crippen LogP contribution < -0.4 is 4.74 Å². The molecule has 0 fully saturated rings. The van der Waals surface area contributed by atoms with Crippen LogP contribution in [0.25, 0.3) is 10.9 Å². The minimum Gasteiger partial charge on any atom is -0.495 e. The average molecular weight is 430 g/mol. The molecule has 0 aliphatic rings. The second-order valence-electron chi connectivity index (χ2n) is 7.29. The van der Waals surface area contributed by atoms with Gasteiger partial charge in [0.15, 0.2) is 0 Å². The highest BCUT2D eigenvalue weighted by atomic mass is 35.5. The van der Waals surface area contributed by atoms with Crippen LogP contribution in [0.4, 0.5) is 0 Å². The first-order chi connectivity index (χ1) is 13.7. The molecule has 0 saturated carbocycles. The van der Waals surface area contributed by atoms with Crippen molar-refractivity contribution in [3.63, 3.8) is 0 Å². The normalized spacial score (nSPS) is 11.1. The van der Waals surface area contributed by atoms with Gasteiger partial charge in [-0.2, -0.15) is 0 Å². The molecule has 0 aliphatic carbocycles. The fourth-order valence-corrected chi connectivity index (χ4v) is 4.00. The molecule has 0 atom stereocenters. The third kappa shape index (κ3) is 4.31. The van der Waals surface area contributed by atoms with Crippen molar-refractivity contribution in [2.24, 2.45) is 0 Å². The first-order valence-electron chi connectivity index (χ1n) is 9.41. The van der Waals surface area contributed by atoms with Crippen molar-refractivity contribution in [2.75, 3.05) is 7.11 Å². The van der Waals surface area contributed by atoms with E-state index in [1.807, 2.05) is 68.7 Å². The Balaban J connectivity index is 2.20. The van der Waals surface area contributed by atoms with Crippen molar-refractivity contribution in [3.05, 3.63) is 63.8 Å². The molecule has 0 saturated heterocycles. The van der Waals surface area contributed by atoms with Crippen LogP contribution in [0.5, 0.6) is 5.75 Å². The molecule has 0 bridgehead atoms. The molecule has 152 valence electrons. The first-order valence-corrected chi connectivity index (χ1v) is 10.2. The van der Waals surface area contributed by atoms with Crippen LogP contribution in [-0.2, 0) is 16.0 Å². The number of aryl methyl sites for hydroxylation is 1. The van der Waals surface area contributed by atoms with E-state index in [4.69, 9.17) is 33.3 Å². The Labute approximate surface area is 181 Å². The third-order valence-electron chi connectivity index (χ3n) is 4.80. The highest BCUT2D eigenvalue weighted by molar-refractivity contribution is 7.80. The topological polar surface area (TPSA) is 40.5 Å². The number of ether oxygens (including phenoxy) is 2. The van der Waals surface area contributed by atoms with Gasteiger partial charge in [0.05, 0.1) is 30.2 Å². The van der Waals surface area contributed by atoms with E-state index in [9.17, 15) is 4.79 Å². The molecule has 1 heterocycles. The summed E-state index contributed by atoms with van der Waals surface area (Å²) in [6.07, 6.45) is -0.0248. The van der Waals surface area contributed by atoms with Crippen LogP contribution in [0.15, 0.2) is 36.4 Å². The van der Waals surface area contributed by atoms with Gasteiger partial charge in [-0.1, -0.05) is 53.6 Å². The van der Waals surface area contributed by atoms with E-state index in [1.165, 1.54) is 0 Å². The van der Waals surface area contributed by atoms with Crippen molar-refractivity contribution in [3.8, 4) is 5.75 Å². The molecule has 0 unspecified atom stereocenters. The molecule has 6 heteroatoms. The molecule has 2 aromatic carbocycles. The lowest BCUT2D eigenvalue weighted by Gasteiger charge is -2.12. The average Bonchev–Trinajstić information content (AvgIpc) is 2.91. The summed E-state index contributed by atoms with van der Waals surface area (Å²) in [5, 5.41) is 1.36. The van der Waals surface area contributed by atoms with Crippen molar-refractivity contribution < 1.29 is 14.3 Å². The summed E-state index contributed by atoms with van der Waals surface area (Å²) < 4.78 is 12.7. The van der Waals surface area contributed by atoms with E-state index in [2.05, 4.69) is 0 Å². The van der Waals surface area contributed by atoms with Gasteiger partial charge in [0.1, 0.15) is 10.7 Å². The lowest BCUT2D eigenvalue weighted by atomic mass is 10.1. The predicted molar refractivity (Wildman–Crippen MR) is 121 cm³/mol. The summed E-state index contributed by atoms with van der Waals surface area (Å²) >= 11 is 12.2. The molecule has 0 N–H and O–H groups in total. The number of nitrogens with zero attached hydrogens (tertiary/aromatic N) is 1. The van der Waals surface area contributed by atoms with Gasteiger partial charge in [-0.05, 0) is 45.4 Å². The standard InChI is InChI=1S/C23H24ClNO3S/c1-13(2)28-22(26)11-17-15(4)25(23(29)16-8-6-14(3)7-9-16)20-12-19(24)21(27-5)10-18(17)20/h6-10,12-13H,11H2,1-5H3. The molecule has 3 rings (SSSR count). The molecule has 4 nitrogen and oxygen atoms in total. The maximum Gasteiger partial charge on any atom is 0.310 e. The Morgan fingerprint density at radius 3 is 2.41 bits per heavy atom. The highest BCUT2D eigenvalue weighted by Crippen LogP contribution is 2.35. The Morgan fingerprint density at radius 1 is 1.17 bits per heavy atom. The third-order valence-corrected chi connectivity index (χ3v) is 5.51. The highest BCUT2D eigenvalue weighted by Gasteiger charge is 2.22. The minimum atomic E-state index is -0.280. The van der Waals surface area contributed by atoms with Gasteiger partial charge < -0.3 is 14.0 Å². The predicted octanol–water partition coefficient (Wildman–Crippen LogP) is 5.64. The van der Waals surface area contributed by atoms with E-state index in [1.54, 1.807) is 7.11 Å². The van der Waals surface area contributed by atoms with Gasteiger partial charge in [-0.3, -0.25) is 4.79 Å². The molecule has 3 aromatic rings. The molecular formula is C23H24ClNO3S.